The molecule has 1 N–H and O–H groups in total. The van der Waals surface area contributed by atoms with E-state index in [1.807, 2.05) is 78.9 Å². The van der Waals surface area contributed by atoms with Crippen LogP contribution >= 0.6 is 22.6 Å². The standard InChI is InChI=1S/C38H49IN6O4/c1-37(2,3)49-36(48)45-23-29-10-8-7-9-28(29)22-33(45)34(46)42-32(21-27-13-15-31(39)16-14-27)35(47)43-19-17-38(18-20-43,24-44-26-40-25-41-44)30-11-5-4-6-12-30/h7-10,13-16,25-26,30,32-33H,4-6,11-12,17-24H2,1-3H3,(H,42,46)/t32-,33-/m1/s1. The molecule has 3 aliphatic rings. The summed E-state index contributed by atoms with van der Waals surface area (Å²) < 4.78 is 8.82. The lowest BCUT2D eigenvalue weighted by atomic mass is 9.63. The van der Waals surface area contributed by atoms with E-state index in [-0.39, 0.29) is 23.8 Å². The number of nitrogens with zero attached hydrogens (tertiary/aromatic N) is 5. The van der Waals surface area contributed by atoms with Crippen molar-refractivity contribution >= 4 is 40.5 Å². The smallest absolute Gasteiger partial charge is 0.411 e. The molecule has 11 heteroatoms. The number of likely N-dealkylation sites (tertiary alicyclic amines) is 1. The number of piperidine rings is 1. The average molecular weight is 781 g/mol. The van der Waals surface area contributed by atoms with E-state index in [0.29, 0.717) is 31.8 Å². The highest BCUT2D eigenvalue weighted by atomic mass is 127. The summed E-state index contributed by atoms with van der Waals surface area (Å²) in [5.41, 5.74) is 2.32. The normalized spacial score (nSPS) is 20.3. The lowest BCUT2D eigenvalue weighted by molar-refractivity contribution is -0.140. The molecule has 0 unspecified atom stereocenters. The second kappa shape index (κ2) is 15.2. The van der Waals surface area contributed by atoms with Gasteiger partial charge in [0.2, 0.25) is 11.8 Å². The first-order chi connectivity index (χ1) is 23.5. The molecule has 1 aliphatic carbocycles. The Labute approximate surface area is 303 Å². The summed E-state index contributed by atoms with van der Waals surface area (Å²) in [5, 5.41) is 7.60. The van der Waals surface area contributed by atoms with Gasteiger partial charge in [-0.05, 0) is 109 Å². The van der Waals surface area contributed by atoms with Gasteiger partial charge >= 0.3 is 6.09 Å². The largest absolute Gasteiger partial charge is 0.444 e. The minimum Gasteiger partial charge on any atom is -0.444 e. The van der Waals surface area contributed by atoms with Gasteiger partial charge in [-0.15, -0.1) is 0 Å². The summed E-state index contributed by atoms with van der Waals surface area (Å²) >= 11 is 2.27. The predicted octanol–water partition coefficient (Wildman–Crippen LogP) is 6.16. The van der Waals surface area contributed by atoms with Gasteiger partial charge in [0.1, 0.15) is 30.3 Å². The summed E-state index contributed by atoms with van der Waals surface area (Å²) in [5.74, 6) is 0.173. The van der Waals surface area contributed by atoms with Crippen LogP contribution in [-0.2, 0) is 40.3 Å². The number of aromatic nitrogens is 3. The minimum absolute atomic E-state index is 0.0587. The number of hydrogen-bond acceptors (Lipinski definition) is 6. The number of carbonyl (C=O) groups excluding carboxylic acids is 3. The van der Waals surface area contributed by atoms with E-state index < -0.39 is 23.8 Å². The molecule has 1 aromatic heterocycles. The fourth-order valence-electron chi connectivity index (χ4n) is 8.03. The Hall–Kier alpha value is -3.48. The third-order valence-electron chi connectivity index (χ3n) is 10.6. The number of carbonyl (C=O) groups is 3. The monoisotopic (exact) mass is 780 g/mol. The van der Waals surface area contributed by atoms with Crippen LogP contribution in [-0.4, -0.2) is 73.2 Å². The van der Waals surface area contributed by atoms with Crippen molar-refractivity contribution in [2.75, 3.05) is 13.1 Å². The molecule has 6 rings (SSSR count). The van der Waals surface area contributed by atoms with Crippen molar-refractivity contribution < 1.29 is 19.1 Å². The van der Waals surface area contributed by atoms with Gasteiger partial charge in [0, 0.05) is 36.0 Å². The molecule has 1 saturated heterocycles. The molecule has 3 amide bonds. The van der Waals surface area contributed by atoms with Gasteiger partial charge in [0.05, 0.1) is 6.54 Å². The summed E-state index contributed by atoms with van der Waals surface area (Å²) in [7, 11) is 0. The van der Waals surface area contributed by atoms with Crippen molar-refractivity contribution in [2.45, 2.75) is 109 Å². The highest BCUT2D eigenvalue weighted by Gasteiger charge is 2.44. The van der Waals surface area contributed by atoms with Gasteiger partial charge in [0.25, 0.3) is 0 Å². The molecule has 0 radical (unpaired) electrons. The van der Waals surface area contributed by atoms with E-state index >= 15 is 0 Å². The second-order valence-corrected chi connectivity index (χ2v) is 16.3. The van der Waals surface area contributed by atoms with Crippen molar-refractivity contribution in [3.63, 3.8) is 0 Å². The highest BCUT2D eigenvalue weighted by Crippen LogP contribution is 2.47. The Kier molecular flexibility index (Phi) is 11.0. The lowest BCUT2D eigenvalue weighted by Gasteiger charge is -2.48. The molecule has 10 nitrogen and oxygen atoms in total. The molecule has 2 aromatic carbocycles. The van der Waals surface area contributed by atoms with E-state index in [9.17, 15) is 14.4 Å². The number of rotatable bonds is 8. The number of hydrogen-bond donors (Lipinski definition) is 1. The quantitative estimate of drug-likeness (QED) is 0.275. The van der Waals surface area contributed by atoms with Gasteiger partial charge in [-0.1, -0.05) is 55.7 Å². The third-order valence-corrected chi connectivity index (χ3v) is 11.4. The maximum Gasteiger partial charge on any atom is 0.411 e. The molecular formula is C38H49IN6O4. The number of ether oxygens (including phenoxy) is 1. The molecule has 3 heterocycles. The van der Waals surface area contributed by atoms with Gasteiger partial charge in [-0.2, -0.15) is 5.10 Å². The van der Waals surface area contributed by atoms with Gasteiger partial charge < -0.3 is 15.0 Å². The minimum atomic E-state index is -0.806. The van der Waals surface area contributed by atoms with Crippen LogP contribution in [0.5, 0.6) is 0 Å². The van der Waals surface area contributed by atoms with Gasteiger partial charge in [-0.3, -0.25) is 19.2 Å². The highest BCUT2D eigenvalue weighted by molar-refractivity contribution is 14.1. The maximum absolute atomic E-state index is 14.5. The fourth-order valence-corrected chi connectivity index (χ4v) is 8.39. The molecule has 0 spiro atoms. The number of nitrogens with one attached hydrogen (secondary N) is 1. The van der Waals surface area contributed by atoms with Crippen LogP contribution < -0.4 is 5.32 Å². The molecule has 2 aliphatic heterocycles. The second-order valence-electron chi connectivity index (χ2n) is 15.1. The molecule has 2 fully saturated rings. The van der Waals surface area contributed by atoms with Crippen LogP contribution in [0.3, 0.4) is 0 Å². The molecule has 2 atom stereocenters. The van der Waals surface area contributed by atoms with Crippen LogP contribution in [0.15, 0.2) is 61.2 Å². The van der Waals surface area contributed by atoms with Crippen LogP contribution in [0.2, 0.25) is 0 Å². The molecule has 49 heavy (non-hydrogen) atoms. The van der Waals surface area contributed by atoms with Crippen LogP contribution in [0.1, 0.15) is 82.4 Å². The number of benzene rings is 2. The number of halogens is 1. The molecule has 0 bridgehead atoms. The van der Waals surface area contributed by atoms with Crippen molar-refractivity contribution in [1.29, 1.82) is 0 Å². The van der Waals surface area contributed by atoms with Crippen LogP contribution in [0.4, 0.5) is 4.79 Å². The zero-order valence-corrected chi connectivity index (χ0v) is 31.1. The van der Waals surface area contributed by atoms with E-state index in [4.69, 9.17) is 4.74 Å². The van der Waals surface area contributed by atoms with Crippen molar-refractivity contribution in [3.05, 3.63) is 81.4 Å². The predicted molar refractivity (Wildman–Crippen MR) is 195 cm³/mol. The Morgan fingerprint density at radius 1 is 1.00 bits per heavy atom. The zero-order chi connectivity index (χ0) is 34.6. The van der Waals surface area contributed by atoms with Crippen molar-refractivity contribution in [2.24, 2.45) is 11.3 Å². The summed E-state index contributed by atoms with van der Waals surface area (Å²) in [4.78, 5) is 49.9. The Balaban J connectivity index is 1.22. The fraction of sp³-hybridized carbons (Fsp3) is 0.553. The first kappa shape index (κ1) is 35.3. The van der Waals surface area contributed by atoms with Gasteiger partial charge in [-0.25, -0.2) is 9.78 Å². The Morgan fingerprint density at radius 3 is 2.35 bits per heavy atom. The number of fused-ring (bicyclic) bond motifs is 1. The molecular weight excluding hydrogens is 731 g/mol. The van der Waals surface area contributed by atoms with E-state index in [1.165, 1.54) is 37.0 Å². The van der Waals surface area contributed by atoms with E-state index in [2.05, 4.69) is 38.0 Å². The average Bonchev–Trinajstić information content (AvgIpc) is 3.61. The summed E-state index contributed by atoms with van der Waals surface area (Å²) in [6.07, 6.45) is 11.6. The molecule has 1 saturated carbocycles. The van der Waals surface area contributed by atoms with E-state index in [0.717, 1.165) is 39.6 Å². The maximum atomic E-state index is 14.5. The lowest BCUT2D eigenvalue weighted by Crippen LogP contribution is -2.59. The topological polar surface area (TPSA) is 110 Å². The zero-order valence-electron chi connectivity index (χ0n) is 28.9. The Morgan fingerprint density at radius 2 is 1.69 bits per heavy atom. The van der Waals surface area contributed by atoms with Crippen LogP contribution in [0.25, 0.3) is 0 Å². The van der Waals surface area contributed by atoms with Crippen molar-refractivity contribution in [1.82, 2.24) is 29.9 Å². The van der Waals surface area contributed by atoms with Crippen LogP contribution in [0, 0.1) is 14.9 Å². The molecule has 262 valence electrons. The number of amides is 3. The van der Waals surface area contributed by atoms with E-state index in [1.54, 1.807) is 12.7 Å². The third kappa shape index (κ3) is 8.64. The first-order valence-electron chi connectivity index (χ1n) is 17.7. The summed E-state index contributed by atoms with van der Waals surface area (Å²) in [6, 6.07) is 14.4. The SMILES string of the molecule is CC(C)(C)OC(=O)N1Cc2ccccc2C[C@@H]1C(=O)N[C@H](Cc1ccc(I)cc1)C(=O)N1CCC(Cn2cncn2)(C2CCCCC2)CC1. The molecule has 3 aromatic rings. The van der Waals surface area contributed by atoms with Gasteiger partial charge in [0.15, 0.2) is 0 Å². The first-order valence-corrected chi connectivity index (χ1v) is 18.8. The Bertz CT molecular complexity index is 1590. The summed E-state index contributed by atoms with van der Waals surface area (Å²) in [6.45, 7) is 7.80. The van der Waals surface area contributed by atoms with Crippen molar-refractivity contribution in [3.8, 4) is 0 Å².